The summed E-state index contributed by atoms with van der Waals surface area (Å²) in [6.07, 6.45) is 4.93. The Bertz CT molecular complexity index is 317. The van der Waals surface area contributed by atoms with Crippen molar-refractivity contribution in [3.05, 3.63) is 11.1 Å². The van der Waals surface area contributed by atoms with Crippen LogP contribution in [0.15, 0.2) is 11.1 Å². The fourth-order valence-electron chi connectivity index (χ4n) is 3.68. The summed E-state index contributed by atoms with van der Waals surface area (Å²) < 4.78 is 0. The zero-order valence-corrected chi connectivity index (χ0v) is 11.4. The van der Waals surface area contributed by atoms with E-state index in [1.54, 1.807) is 5.57 Å². The Hall–Kier alpha value is -0.300. The third-order valence-electron chi connectivity index (χ3n) is 4.56. The SMILES string of the molecule is C[C@H]1CCC2=C(C(C)(C)O)CC(C)(C)C[C@@H]21. The number of allylic oxidation sites excluding steroid dienone is 1. The van der Waals surface area contributed by atoms with E-state index in [1.807, 2.05) is 13.8 Å². The molecule has 2 rings (SSSR count). The second-order valence-electron chi connectivity index (χ2n) is 7.23. The molecule has 92 valence electrons. The Kier molecular flexibility index (Phi) is 2.73. The molecule has 1 heteroatoms. The molecule has 0 heterocycles. The molecule has 0 aromatic heterocycles. The molecule has 1 N–H and O–H groups in total. The molecule has 2 atom stereocenters. The molecule has 0 aromatic rings. The van der Waals surface area contributed by atoms with Gasteiger partial charge in [-0.15, -0.1) is 0 Å². The second kappa shape index (κ2) is 3.60. The van der Waals surface area contributed by atoms with Crippen LogP contribution in [0.4, 0.5) is 0 Å². The fourth-order valence-corrected chi connectivity index (χ4v) is 3.68. The smallest absolute Gasteiger partial charge is 0.0803 e. The van der Waals surface area contributed by atoms with Gasteiger partial charge in [0, 0.05) is 0 Å². The molecule has 0 amide bonds. The van der Waals surface area contributed by atoms with Crippen molar-refractivity contribution in [1.82, 2.24) is 0 Å². The minimum absolute atomic E-state index is 0.363. The minimum atomic E-state index is -0.616. The summed E-state index contributed by atoms with van der Waals surface area (Å²) >= 11 is 0. The van der Waals surface area contributed by atoms with Crippen molar-refractivity contribution in [3.8, 4) is 0 Å². The van der Waals surface area contributed by atoms with Crippen molar-refractivity contribution in [3.63, 3.8) is 0 Å². The Labute approximate surface area is 99.9 Å². The van der Waals surface area contributed by atoms with E-state index in [0.717, 1.165) is 18.3 Å². The molecular formula is C15H26O. The molecule has 0 aliphatic heterocycles. The number of fused-ring (bicyclic) bond motifs is 1. The van der Waals surface area contributed by atoms with E-state index in [1.165, 1.54) is 24.8 Å². The molecule has 0 spiro atoms. The van der Waals surface area contributed by atoms with E-state index < -0.39 is 5.60 Å². The van der Waals surface area contributed by atoms with E-state index in [0.29, 0.717) is 5.41 Å². The van der Waals surface area contributed by atoms with Crippen LogP contribution in [0.2, 0.25) is 0 Å². The van der Waals surface area contributed by atoms with E-state index in [4.69, 9.17) is 0 Å². The van der Waals surface area contributed by atoms with Crippen LogP contribution in [-0.4, -0.2) is 10.7 Å². The van der Waals surface area contributed by atoms with Crippen molar-refractivity contribution in [2.45, 2.75) is 65.9 Å². The van der Waals surface area contributed by atoms with Gasteiger partial charge in [-0.05, 0) is 62.4 Å². The van der Waals surface area contributed by atoms with E-state index in [2.05, 4.69) is 20.8 Å². The topological polar surface area (TPSA) is 20.2 Å². The van der Waals surface area contributed by atoms with E-state index >= 15 is 0 Å². The van der Waals surface area contributed by atoms with Gasteiger partial charge < -0.3 is 5.11 Å². The number of aliphatic hydroxyl groups is 1. The lowest BCUT2D eigenvalue weighted by atomic mass is 9.65. The van der Waals surface area contributed by atoms with Crippen LogP contribution in [0.25, 0.3) is 0 Å². The van der Waals surface area contributed by atoms with E-state index in [9.17, 15) is 5.11 Å². The van der Waals surface area contributed by atoms with Crippen molar-refractivity contribution in [1.29, 1.82) is 0 Å². The van der Waals surface area contributed by atoms with Crippen molar-refractivity contribution >= 4 is 0 Å². The van der Waals surface area contributed by atoms with Gasteiger partial charge in [-0.1, -0.05) is 26.3 Å². The summed E-state index contributed by atoms with van der Waals surface area (Å²) in [6, 6.07) is 0. The maximum Gasteiger partial charge on any atom is 0.0803 e. The van der Waals surface area contributed by atoms with Crippen LogP contribution in [0, 0.1) is 17.3 Å². The maximum atomic E-state index is 10.4. The van der Waals surface area contributed by atoms with Gasteiger partial charge in [0.1, 0.15) is 0 Å². The largest absolute Gasteiger partial charge is 0.386 e. The second-order valence-corrected chi connectivity index (χ2v) is 7.23. The number of rotatable bonds is 1. The Balaban J connectivity index is 2.42. The number of hydrogen-bond donors (Lipinski definition) is 1. The highest BCUT2D eigenvalue weighted by atomic mass is 16.3. The Morgan fingerprint density at radius 1 is 1.31 bits per heavy atom. The molecule has 1 nitrogen and oxygen atoms in total. The third-order valence-corrected chi connectivity index (χ3v) is 4.56. The van der Waals surface area contributed by atoms with Crippen LogP contribution < -0.4 is 0 Å². The van der Waals surface area contributed by atoms with Gasteiger partial charge in [0.15, 0.2) is 0 Å². The normalized spacial score (nSPS) is 34.1. The van der Waals surface area contributed by atoms with Crippen LogP contribution in [-0.2, 0) is 0 Å². The van der Waals surface area contributed by atoms with Gasteiger partial charge >= 0.3 is 0 Å². The summed E-state index contributed by atoms with van der Waals surface area (Å²) in [5.41, 5.74) is 2.69. The van der Waals surface area contributed by atoms with Gasteiger partial charge in [0.05, 0.1) is 5.60 Å². The van der Waals surface area contributed by atoms with Gasteiger partial charge in [-0.2, -0.15) is 0 Å². The summed E-state index contributed by atoms with van der Waals surface area (Å²) in [7, 11) is 0. The maximum absolute atomic E-state index is 10.4. The lowest BCUT2D eigenvalue weighted by Gasteiger charge is -2.41. The molecule has 2 aliphatic rings. The lowest BCUT2D eigenvalue weighted by Crippen LogP contribution is -2.34. The summed E-state index contributed by atoms with van der Waals surface area (Å²) in [5, 5.41) is 10.4. The first-order valence-corrected chi connectivity index (χ1v) is 6.65. The van der Waals surface area contributed by atoms with Crippen LogP contribution >= 0.6 is 0 Å². The monoisotopic (exact) mass is 222 g/mol. The minimum Gasteiger partial charge on any atom is -0.386 e. The quantitative estimate of drug-likeness (QED) is 0.667. The molecular weight excluding hydrogens is 196 g/mol. The zero-order valence-electron chi connectivity index (χ0n) is 11.4. The Morgan fingerprint density at radius 2 is 1.94 bits per heavy atom. The average Bonchev–Trinajstić information content (AvgIpc) is 2.44. The average molecular weight is 222 g/mol. The molecule has 2 aliphatic carbocycles. The standard InChI is InChI=1S/C15H26O/c1-10-6-7-11-12(10)8-14(2,3)9-13(11)15(4,5)16/h10,12,16H,6-9H2,1-5H3/t10-,12+/m0/s1. The Morgan fingerprint density at radius 3 is 2.50 bits per heavy atom. The summed E-state index contributed by atoms with van der Waals surface area (Å²) in [4.78, 5) is 0. The highest BCUT2D eigenvalue weighted by Crippen LogP contribution is 2.53. The third kappa shape index (κ3) is 2.07. The van der Waals surface area contributed by atoms with Crippen molar-refractivity contribution < 1.29 is 5.11 Å². The molecule has 0 aromatic carbocycles. The van der Waals surface area contributed by atoms with Gasteiger partial charge in [0.25, 0.3) is 0 Å². The molecule has 0 unspecified atom stereocenters. The molecule has 1 fully saturated rings. The highest BCUT2D eigenvalue weighted by molar-refractivity contribution is 5.31. The first kappa shape index (κ1) is 12.2. The molecule has 0 bridgehead atoms. The number of hydrogen-bond acceptors (Lipinski definition) is 1. The van der Waals surface area contributed by atoms with Crippen LogP contribution in [0.3, 0.4) is 0 Å². The summed E-state index contributed by atoms with van der Waals surface area (Å²) in [5.74, 6) is 1.55. The molecule has 0 saturated heterocycles. The summed E-state index contributed by atoms with van der Waals surface area (Å²) in [6.45, 7) is 11.0. The predicted octanol–water partition coefficient (Wildman–Crippen LogP) is 3.92. The molecule has 16 heavy (non-hydrogen) atoms. The highest BCUT2D eigenvalue weighted by Gasteiger charge is 2.42. The molecule has 1 saturated carbocycles. The first-order valence-electron chi connectivity index (χ1n) is 6.65. The van der Waals surface area contributed by atoms with Crippen LogP contribution in [0.5, 0.6) is 0 Å². The van der Waals surface area contributed by atoms with Gasteiger partial charge in [-0.3, -0.25) is 0 Å². The fraction of sp³-hybridized carbons (Fsp3) is 0.867. The van der Waals surface area contributed by atoms with Crippen LogP contribution in [0.1, 0.15) is 60.3 Å². The lowest BCUT2D eigenvalue weighted by molar-refractivity contribution is 0.0944. The van der Waals surface area contributed by atoms with E-state index in [-0.39, 0.29) is 0 Å². The van der Waals surface area contributed by atoms with Gasteiger partial charge in [0.2, 0.25) is 0 Å². The predicted molar refractivity (Wildman–Crippen MR) is 68.2 cm³/mol. The van der Waals surface area contributed by atoms with Crippen molar-refractivity contribution in [2.75, 3.05) is 0 Å². The van der Waals surface area contributed by atoms with Gasteiger partial charge in [-0.25, -0.2) is 0 Å². The molecule has 0 radical (unpaired) electrons. The zero-order chi connectivity index (χ0) is 12.1. The first-order chi connectivity index (χ1) is 7.21. The van der Waals surface area contributed by atoms with Crippen molar-refractivity contribution in [2.24, 2.45) is 17.3 Å².